The second kappa shape index (κ2) is 7.42. The van der Waals surface area contributed by atoms with Crippen molar-refractivity contribution >= 4 is 0 Å². The number of hydrogen-bond donors (Lipinski definition) is 0. The predicted octanol–water partition coefficient (Wildman–Crippen LogP) is 6.40. The van der Waals surface area contributed by atoms with Gasteiger partial charge in [0.15, 0.2) is 0 Å². The molecule has 1 fully saturated rings. The SMILES string of the molecule is CCC[C@H]1CC[C@H](C2C=CC=CC2c2cc(F)cc(F)c2)CC1. The Morgan fingerprint density at radius 2 is 1.57 bits per heavy atom. The molecule has 2 atom stereocenters. The maximum Gasteiger partial charge on any atom is 0.126 e. The molecule has 0 heterocycles. The Kier molecular flexibility index (Phi) is 5.30. The van der Waals surface area contributed by atoms with Gasteiger partial charge in [0.25, 0.3) is 0 Å². The van der Waals surface area contributed by atoms with Crippen LogP contribution < -0.4 is 0 Å². The van der Waals surface area contributed by atoms with E-state index in [2.05, 4.69) is 25.2 Å². The molecule has 2 aliphatic rings. The molecule has 23 heavy (non-hydrogen) atoms. The van der Waals surface area contributed by atoms with Gasteiger partial charge in [0, 0.05) is 12.0 Å². The number of benzene rings is 1. The topological polar surface area (TPSA) is 0 Å². The van der Waals surface area contributed by atoms with Gasteiger partial charge >= 0.3 is 0 Å². The van der Waals surface area contributed by atoms with Gasteiger partial charge in [-0.1, -0.05) is 56.9 Å². The monoisotopic (exact) mass is 316 g/mol. The molecule has 0 aromatic heterocycles. The minimum Gasteiger partial charge on any atom is -0.207 e. The first-order valence-electron chi connectivity index (χ1n) is 8.98. The molecular formula is C21H26F2. The van der Waals surface area contributed by atoms with E-state index >= 15 is 0 Å². The molecule has 0 saturated heterocycles. The van der Waals surface area contributed by atoms with Crippen LogP contribution in [0.5, 0.6) is 0 Å². The summed E-state index contributed by atoms with van der Waals surface area (Å²) in [6.07, 6.45) is 16.1. The van der Waals surface area contributed by atoms with E-state index in [9.17, 15) is 8.78 Å². The van der Waals surface area contributed by atoms with Crippen LogP contribution in [-0.4, -0.2) is 0 Å². The molecule has 0 bridgehead atoms. The number of allylic oxidation sites excluding steroid dienone is 4. The average molecular weight is 316 g/mol. The van der Waals surface area contributed by atoms with Gasteiger partial charge in [0.05, 0.1) is 0 Å². The summed E-state index contributed by atoms with van der Waals surface area (Å²) in [4.78, 5) is 0. The van der Waals surface area contributed by atoms with Crippen molar-refractivity contribution in [1.29, 1.82) is 0 Å². The fourth-order valence-corrected chi connectivity index (χ4v) is 4.45. The number of rotatable bonds is 4. The second-order valence-electron chi connectivity index (χ2n) is 7.15. The van der Waals surface area contributed by atoms with E-state index in [1.165, 1.54) is 50.7 Å². The zero-order valence-corrected chi connectivity index (χ0v) is 13.8. The van der Waals surface area contributed by atoms with Crippen LogP contribution in [0.2, 0.25) is 0 Å². The minimum absolute atomic E-state index is 0.0953. The van der Waals surface area contributed by atoms with Crippen molar-refractivity contribution in [3.05, 3.63) is 59.7 Å². The van der Waals surface area contributed by atoms with Crippen molar-refractivity contribution in [2.45, 2.75) is 51.4 Å². The van der Waals surface area contributed by atoms with Crippen molar-refractivity contribution in [2.24, 2.45) is 17.8 Å². The lowest BCUT2D eigenvalue weighted by Gasteiger charge is -2.37. The molecule has 0 aliphatic heterocycles. The third kappa shape index (κ3) is 3.91. The highest BCUT2D eigenvalue weighted by Gasteiger charge is 2.31. The maximum absolute atomic E-state index is 13.6. The fraction of sp³-hybridized carbons (Fsp3) is 0.524. The molecule has 3 rings (SSSR count). The summed E-state index contributed by atoms with van der Waals surface area (Å²) in [5.41, 5.74) is 0.767. The summed E-state index contributed by atoms with van der Waals surface area (Å²) in [5, 5.41) is 0. The minimum atomic E-state index is -0.478. The normalized spacial score (nSPS) is 30.6. The van der Waals surface area contributed by atoms with Gasteiger partial charge < -0.3 is 0 Å². The molecule has 1 aromatic rings. The van der Waals surface area contributed by atoms with Crippen LogP contribution in [-0.2, 0) is 0 Å². The van der Waals surface area contributed by atoms with Crippen LogP contribution in [0.25, 0.3) is 0 Å². The van der Waals surface area contributed by atoms with Crippen LogP contribution in [0, 0.1) is 29.4 Å². The molecule has 1 aromatic carbocycles. The van der Waals surface area contributed by atoms with Gasteiger partial charge in [-0.05, 0) is 48.3 Å². The Bertz CT molecular complexity index is 559. The highest BCUT2D eigenvalue weighted by molar-refractivity contribution is 5.32. The molecule has 0 N–H and O–H groups in total. The third-order valence-corrected chi connectivity index (χ3v) is 5.58. The molecule has 2 heteroatoms. The molecular weight excluding hydrogens is 290 g/mol. The highest BCUT2D eigenvalue weighted by atomic mass is 19.1. The van der Waals surface area contributed by atoms with E-state index < -0.39 is 11.6 Å². The maximum atomic E-state index is 13.6. The van der Waals surface area contributed by atoms with Crippen molar-refractivity contribution in [3.63, 3.8) is 0 Å². The summed E-state index contributed by atoms with van der Waals surface area (Å²) in [7, 11) is 0. The summed E-state index contributed by atoms with van der Waals surface area (Å²) in [6.45, 7) is 2.26. The average Bonchev–Trinajstić information content (AvgIpc) is 2.55. The summed E-state index contributed by atoms with van der Waals surface area (Å²) in [5.74, 6) is 1.01. The molecule has 2 unspecified atom stereocenters. The van der Waals surface area contributed by atoms with Crippen LogP contribution in [0.15, 0.2) is 42.5 Å². The van der Waals surface area contributed by atoms with Crippen LogP contribution >= 0.6 is 0 Å². The van der Waals surface area contributed by atoms with Gasteiger partial charge in [0.2, 0.25) is 0 Å². The lowest BCUT2D eigenvalue weighted by molar-refractivity contribution is 0.211. The Balaban J connectivity index is 1.75. The highest BCUT2D eigenvalue weighted by Crippen LogP contribution is 2.43. The summed E-state index contributed by atoms with van der Waals surface area (Å²) < 4.78 is 27.2. The summed E-state index contributed by atoms with van der Waals surface area (Å²) in [6, 6.07) is 3.94. The van der Waals surface area contributed by atoms with E-state index in [4.69, 9.17) is 0 Å². The Labute approximate surface area is 138 Å². The molecule has 2 aliphatic carbocycles. The van der Waals surface area contributed by atoms with E-state index in [-0.39, 0.29) is 5.92 Å². The molecule has 0 radical (unpaired) electrons. The van der Waals surface area contributed by atoms with E-state index in [1.54, 1.807) is 0 Å². The van der Waals surface area contributed by atoms with Crippen molar-refractivity contribution in [1.82, 2.24) is 0 Å². The number of halogens is 2. The largest absolute Gasteiger partial charge is 0.207 e. The fourth-order valence-electron chi connectivity index (χ4n) is 4.45. The van der Waals surface area contributed by atoms with Gasteiger partial charge in [0.1, 0.15) is 11.6 Å². The van der Waals surface area contributed by atoms with Crippen molar-refractivity contribution in [2.75, 3.05) is 0 Å². The Morgan fingerprint density at radius 3 is 2.22 bits per heavy atom. The second-order valence-corrected chi connectivity index (χ2v) is 7.15. The molecule has 0 nitrogen and oxygen atoms in total. The standard InChI is InChI=1S/C21H26F2/c1-2-5-15-8-10-16(11-9-15)20-6-3-4-7-21(20)17-12-18(22)14-19(23)13-17/h3-4,6-7,12-16,20-21H,2,5,8-11H2,1H3/t15-,16-,20?,21?. The van der Waals surface area contributed by atoms with Crippen LogP contribution in [0.1, 0.15) is 56.9 Å². The van der Waals surface area contributed by atoms with Gasteiger partial charge in [-0.2, -0.15) is 0 Å². The zero-order chi connectivity index (χ0) is 16.2. The molecule has 0 amide bonds. The van der Waals surface area contributed by atoms with E-state index in [0.29, 0.717) is 11.8 Å². The van der Waals surface area contributed by atoms with Crippen molar-refractivity contribution < 1.29 is 8.78 Å². The zero-order valence-electron chi connectivity index (χ0n) is 13.8. The first kappa shape index (κ1) is 16.4. The van der Waals surface area contributed by atoms with Gasteiger partial charge in [-0.25, -0.2) is 8.78 Å². The molecule has 124 valence electrons. The lowest BCUT2D eigenvalue weighted by atomic mass is 9.68. The quantitative estimate of drug-likeness (QED) is 0.603. The Morgan fingerprint density at radius 1 is 0.913 bits per heavy atom. The Hall–Kier alpha value is -1.44. The predicted molar refractivity (Wildman–Crippen MR) is 91.2 cm³/mol. The van der Waals surface area contributed by atoms with Gasteiger partial charge in [-0.15, -0.1) is 0 Å². The van der Waals surface area contributed by atoms with Crippen LogP contribution in [0.3, 0.4) is 0 Å². The number of hydrogen-bond acceptors (Lipinski definition) is 0. The van der Waals surface area contributed by atoms with Crippen molar-refractivity contribution in [3.8, 4) is 0 Å². The first-order chi connectivity index (χ1) is 11.2. The molecule has 0 spiro atoms. The first-order valence-corrected chi connectivity index (χ1v) is 8.98. The third-order valence-electron chi connectivity index (χ3n) is 5.58. The lowest BCUT2D eigenvalue weighted by Crippen LogP contribution is -2.25. The van der Waals surface area contributed by atoms with E-state index in [1.807, 2.05) is 6.08 Å². The summed E-state index contributed by atoms with van der Waals surface area (Å²) >= 11 is 0. The van der Waals surface area contributed by atoms with Crippen LogP contribution in [0.4, 0.5) is 8.78 Å². The smallest absolute Gasteiger partial charge is 0.126 e. The molecule has 1 saturated carbocycles. The van der Waals surface area contributed by atoms with Gasteiger partial charge in [-0.3, -0.25) is 0 Å². The van der Waals surface area contributed by atoms with E-state index in [0.717, 1.165) is 17.5 Å².